The Hall–Kier alpha value is -1.96. The second-order valence-electron chi connectivity index (χ2n) is 12.1. The summed E-state index contributed by atoms with van der Waals surface area (Å²) in [7, 11) is 0. The van der Waals surface area contributed by atoms with E-state index in [1.807, 2.05) is 36.2 Å². The van der Waals surface area contributed by atoms with E-state index in [2.05, 4.69) is 23.7 Å². The summed E-state index contributed by atoms with van der Waals surface area (Å²) < 4.78 is 6.07. The maximum atomic E-state index is 13.6. The molecule has 1 N–H and O–H groups in total. The van der Waals surface area contributed by atoms with E-state index in [1.54, 1.807) is 0 Å². The van der Waals surface area contributed by atoms with Crippen LogP contribution < -0.4 is 5.56 Å². The number of amides is 1. The van der Waals surface area contributed by atoms with Crippen molar-refractivity contribution in [2.75, 3.05) is 19.6 Å². The fourth-order valence-corrected chi connectivity index (χ4v) is 8.34. The lowest BCUT2D eigenvalue weighted by atomic mass is 9.76. The van der Waals surface area contributed by atoms with Crippen LogP contribution >= 0.6 is 11.3 Å². The number of thiophene rings is 1. The second kappa shape index (κ2) is 9.97. The Kier molecular flexibility index (Phi) is 6.83. The molecule has 1 saturated heterocycles. The Balaban J connectivity index is 1.09. The number of likely N-dealkylation sites (tertiary alicyclic amines) is 1. The number of nitrogens with zero attached hydrogens (tertiary/aromatic N) is 2. The van der Waals surface area contributed by atoms with Crippen molar-refractivity contribution in [3.8, 4) is 0 Å². The van der Waals surface area contributed by atoms with E-state index in [0.717, 1.165) is 42.4 Å². The molecule has 0 bridgehead atoms. The van der Waals surface area contributed by atoms with Crippen molar-refractivity contribution in [1.29, 1.82) is 0 Å². The molecule has 6 nitrogen and oxygen atoms in total. The highest BCUT2D eigenvalue weighted by molar-refractivity contribution is 7.12. The maximum absolute atomic E-state index is 13.6. The van der Waals surface area contributed by atoms with Crippen molar-refractivity contribution in [2.45, 2.75) is 103 Å². The summed E-state index contributed by atoms with van der Waals surface area (Å²) in [5.41, 5.74) is 4.53. The number of pyridine rings is 1. The number of aromatic amines is 1. The molecule has 2 aliphatic heterocycles. The van der Waals surface area contributed by atoms with Crippen LogP contribution in [0.2, 0.25) is 0 Å². The summed E-state index contributed by atoms with van der Waals surface area (Å²) in [4.78, 5) is 36.3. The summed E-state index contributed by atoms with van der Waals surface area (Å²) in [5.74, 6) is 1.27. The van der Waals surface area contributed by atoms with E-state index in [1.165, 1.54) is 53.8 Å². The van der Waals surface area contributed by atoms with Gasteiger partial charge in [0.05, 0.1) is 24.3 Å². The highest BCUT2D eigenvalue weighted by atomic mass is 32.1. The van der Waals surface area contributed by atoms with E-state index >= 15 is 0 Å². The van der Waals surface area contributed by atoms with Gasteiger partial charge in [0.25, 0.3) is 11.5 Å². The van der Waals surface area contributed by atoms with Crippen LogP contribution in [0.4, 0.5) is 0 Å². The molecule has 2 aromatic heterocycles. The standard InChI is InChI=1S/C30H41N3O3S/c1-17-13-18(2)31-29(34)25(17)16-32-12-11-26-27(30(32)35)20(4)28(37-26)19(3)21-5-7-22(8-6-21)33-14-24(15-33)36-23-9-10-23/h13,19,21-24H,5-12,14-16H2,1-4H3,(H,31,34). The van der Waals surface area contributed by atoms with Crippen molar-refractivity contribution in [3.05, 3.63) is 54.1 Å². The topological polar surface area (TPSA) is 65.6 Å². The van der Waals surface area contributed by atoms with Gasteiger partial charge in [-0.1, -0.05) is 6.92 Å². The third-order valence-electron chi connectivity index (χ3n) is 9.37. The first-order valence-electron chi connectivity index (χ1n) is 14.3. The molecule has 4 heterocycles. The number of rotatable bonds is 7. The second-order valence-corrected chi connectivity index (χ2v) is 13.2. The van der Waals surface area contributed by atoms with E-state index < -0.39 is 0 Å². The number of nitrogens with one attached hydrogen (secondary N) is 1. The van der Waals surface area contributed by atoms with Gasteiger partial charge in [-0.2, -0.15) is 0 Å². The van der Waals surface area contributed by atoms with Crippen LogP contribution in [-0.4, -0.2) is 58.6 Å². The molecule has 4 aliphatic rings. The van der Waals surface area contributed by atoms with Gasteiger partial charge in [0.2, 0.25) is 0 Å². The first-order chi connectivity index (χ1) is 17.8. The Labute approximate surface area is 224 Å². The van der Waals surface area contributed by atoms with Crippen molar-refractivity contribution < 1.29 is 9.53 Å². The zero-order valence-corrected chi connectivity index (χ0v) is 23.6. The van der Waals surface area contributed by atoms with Crippen LogP contribution in [0.5, 0.6) is 0 Å². The van der Waals surface area contributed by atoms with Crippen LogP contribution in [0.1, 0.15) is 93.9 Å². The number of H-pyrrole nitrogens is 1. The fraction of sp³-hybridized carbons (Fsp3) is 0.667. The molecule has 0 aromatic carbocycles. The summed E-state index contributed by atoms with van der Waals surface area (Å²) >= 11 is 1.88. The number of carbonyl (C=O) groups is 1. The fourth-order valence-electron chi connectivity index (χ4n) is 6.91. The van der Waals surface area contributed by atoms with Crippen molar-refractivity contribution >= 4 is 17.2 Å². The number of ether oxygens (including phenoxy) is 1. The van der Waals surface area contributed by atoms with Gasteiger partial charge in [-0.3, -0.25) is 14.5 Å². The largest absolute Gasteiger partial charge is 0.372 e. The van der Waals surface area contributed by atoms with Gasteiger partial charge in [-0.05, 0) is 88.3 Å². The Morgan fingerprint density at radius 1 is 1.05 bits per heavy atom. The Bertz CT molecular complexity index is 1230. The van der Waals surface area contributed by atoms with Gasteiger partial charge in [0, 0.05) is 53.1 Å². The average molecular weight is 524 g/mol. The molecule has 37 heavy (non-hydrogen) atoms. The van der Waals surface area contributed by atoms with Crippen LogP contribution in [-0.2, 0) is 17.7 Å². The lowest BCUT2D eigenvalue weighted by Gasteiger charge is -2.47. The highest BCUT2D eigenvalue weighted by Gasteiger charge is 2.39. The van der Waals surface area contributed by atoms with Crippen molar-refractivity contribution in [1.82, 2.24) is 14.8 Å². The molecule has 200 valence electrons. The van der Waals surface area contributed by atoms with Crippen LogP contribution in [0, 0.1) is 26.7 Å². The molecule has 2 aliphatic carbocycles. The molecule has 2 aromatic rings. The average Bonchev–Trinajstić information content (AvgIpc) is 3.60. The van der Waals surface area contributed by atoms with Crippen LogP contribution in [0.15, 0.2) is 10.9 Å². The predicted octanol–water partition coefficient (Wildman–Crippen LogP) is 5.09. The summed E-state index contributed by atoms with van der Waals surface area (Å²) in [6.45, 7) is 11.7. The quantitative estimate of drug-likeness (QED) is 0.549. The highest BCUT2D eigenvalue weighted by Crippen LogP contribution is 2.44. The number of hydrogen-bond donors (Lipinski definition) is 1. The molecular formula is C30H41N3O3S. The molecule has 6 rings (SSSR count). The molecule has 3 fully saturated rings. The van der Waals surface area contributed by atoms with Crippen LogP contribution in [0.3, 0.4) is 0 Å². The predicted molar refractivity (Wildman–Crippen MR) is 148 cm³/mol. The van der Waals surface area contributed by atoms with E-state index in [9.17, 15) is 9.59 Å². The Morgan fingerprint density at radius 3 is 2.46 bits per heavy atom. The molecule has 0 spiro atoms. The minimum absolute atomic E-state index is 0.0766. The van der Waals surface area contributed by atoms with E-state index in [0.29, 0.717) is 42.7 Å². The molecular weight excluding hydrogens is 482 g/mol. The third-order valence-corrected chi connectivity index (χ3v) is 10.9. The third kappa shape index (κ3) is 4.95. The van der Waals surface area contributed by atoms with Gasteiger partial charge >= 0.3 is 0 Å². The Morgan fingerprint density at radius 2 is 1.78 bits per heavy atom. The number of aryl methyl sites for hydroxylation is 2. The summed E-state index contributed by atoms with van der Waals surface area (Å²) in [6, 6.07) is 2.71. The molecule has 1 unspecified atom stereocenters. The first-order valence-corrected chi connectivity index (χ1v) is 15.1. The van der Waals surface area contributed by atoms with Gasteiger partial charge in [-0.25, -0.2) is 0 Å². The SMILES string of the molecule is Cc1cc(C)c(CN2CCc3sc(C(C)C4CCC(N5CC(OC6CC6)C5)CC4)c(C)c3C2=O)c(=O)[nH]1. The first kappa shape index (κ1) is 25.3. The molecule has 1 amide bonds. The summed E-state index contributed by atoms with van der Waals surface area (Å²) in [6.07, 6.45) is 9.57. The lowest BCUT2D eigenvalue weighted by molar-refractivity contribution is -0.0860. The minimum atomic E-state index is -0.0766. The van der Waals surface area contributed by atoms with Gasteiger partial charge < -0.3 is 14.6 Å². The van der Waals surface area contributed by atoms with Crippen molar-refractivity contribution in [3.63, 3.8) is 0 Å². The molecule has 7 heteroatoms. The molecule has 2 saturated carbocycles. The lowest BCUT2D eigenvalue weighted by Crippen LogP contribution is -2.57. The maximum Gasteiger partial charge on any atom is 0.255 e. The summed E-state index contributed by atoms with van der Waals surface area (Å²) in [5, 5.41) is 0. The molecule has 0 radical (unpaired) electrons. The number of carbonyl (C=O) groups excluding carboxylic acids is 1. The monoisotopic (exact) mass is 523 g/mol. The number of aromatic nitrogens is 1. The zero-order valence-electron chi connectivity index (χ0n) is 22.8. The smallest absolute Gasteiger partial charge is 0.255 e. The number of hydrogen-bond acceptors (Lipinski definition) is 5. The normalized spacial score (nSPS) is 25.7. The van der Waals surface area contributed by atoms with E-state index in [4.69, 9.17) is 4.74 Å². The zero-order chi connectivity index (χ0) is 25.8. The van der Waals surface area contributed by atoms with Crippen molar-refractivity contribution in [2.24, 2.45) is 5.92 Å². The van der Waals surface area contributed by atoms with Gasteiger partial charge in [0.15, 0.2) is 0 Å². The van der Waals surface area contributed by atoms with Gasteiger partial charge in [0.1, 0.15) is 0 Å². The number of fused-ring (bicyclic) bond motifs is 1. The minimum Gasteiger partial charge on any atom is -0.372 e. The van der Waals surface area contributed by atoms with Gasteiger partial charge in [-0.15, -0.1) is 11.3 Å². The molecule has 1 atom stereocenters. The van der Waals surface area contributed by atoms with E-state index in [-0.39, 0.29) is 11.5 Å². The van der Waals surface area contributed by atoms with Crippen LogP contribution in [0.25, 0.3) is 0 Å².